The van der Waals surface area contributed by atoms with Crippen LogP contribution in [0.25, 0.3) is 11.3 Å². The van der Waals surface area contributed by atoms with Crippen molar-refractivity contribution >= 4 is 34.9 Å². The number of nitrogens with zero attached hydrogens (tertiary/aromatic N) is 2. The first kappa shape index (κ1) is 15.1. The smallest absolute Gasteiger partial charge is 0.358 e. The lowest BCUT2D eigenvalue weighted by Crippen LogP contribution is -2.08. The maximum atomic E-state index is 11.7. The number of benzene rings is 1. The molecule has 106 valence electrons. The van der Waals surface area contributed by atoms with Crippen molar-refractivity contribution in [2.24, 2.45) is 0 Å². The predicted octanol–water partition coefficient (Wildman–Crippen LogP) is 3.30. The molecular formula is C14H9Cl2N3O2. The minimum absolute atomic E-state index is 0.0492. The molecule has 0 fully saturated rings. The highest BCUT2D eigenvalue weighted by Crippen LogP contribution is 2.37. The summed E-state index contributed by atoms with van der Waals surface area (Å²) >= 11 is 12.1. The third kappa shape index (κ3) is 2.77. The highest BCUT2D eigenvalue weighted by molar-refractivity contribution is 6.41. The minimum atomic E-state index is -0.710. The summed E-state index contributed by atoms with van der Waals surface area (Å²) < 4.78 is 4.61. The highest BCUT2D eigenvalue weighted by atomic mass is 35.5. The average Bonchev–Trinajstić information content (AvgIpc) is 2.52. The number of anilines is 1. The quantitative estimate of drug-likeness (QED) is 0.857. The standard InChI is InChI=1S/C14H9Cl2N3O2/c1-21-14(20)13-10(16)11(18)9(15)12(19-13)8-4-2-7(6-17)3-5-8/h2-5H,1H3,(H2,18,19). The molecule has 0 saturated heterocycles. The van der Waals surface area contributed by atoms with Crippen molar-refractivity contribution in [3.05, 3.63) is 45.6 Å². The van der Waals surface area contributed by atoms with Crippen LogP contribution in [-0.2, 0) is 4.74 Å². The number of rotatable bonds is 2. The molecule has 7 heteroatoms. The predicted molar refractivity (Wildman–Crippen MR) is 80.2 cm³/mol. The van der Waals surface area contributed by atoms with Gasteiger partial charge in [-0.2, -0.15) is 5.26 Å². The van der Waals surface area contributed by atoms with Gasteiger partial charge in [-0.25, -0.2) is 9.78 Å². The van der Waals surface area contributed by atoms with Gasteiger partial charge in [-0.1, -0.05) is 35.3 Å². The summed E-state index contributed by atoms with van der Waals surface area (Å²) in [7, 11) is 1.21. The molecule has 1 aromatic carbocycles. The van der Waals surface area contributed by atoms with E-state index in [1.807, 2.05) is 6.07 Å². The van der Waals surface area contributed by atoms with Crippen LogP contribution in [0.4, 0.5) is 5.69 Å². The number of esters is 1. The van der Waals surface area contributed by atoms with Gasteiger partial charge in [0.05, 0.1) is 40.2 Å². The van der Waals surface area contributed by atoms with E-state index in [4.69, 9.17) is 34.2 Å². The van der Waals surface area contributed by atoms with Gasteiger partial charge in [0.1, 0.15) is 0 Å². The van der Waals surface area contributed by atoms with Gasteiger partial charge in [-0.05, 0) is 12.1 Å². The molecule has 0 spiro atoms. The molecule has 2 rings (SSSR count). The monoisotopic (exact) mass is 321 g/mol. The number of pyridine rings is 1. The first-order chi connectivity index (χ1) is 9.99. The van der Waals surface area contributed by atoms with Crippen LogP contribution in [0.2, 0.25) is 10.0 Å². The Balaban J connectivity index is 2.65. The summed E-state index contributed by atoms with van der Waals surface area (Å²) in [4.78, 5) is 15.8. The van der Waals surface area contributed by atoms with Gasteiger partial charge in [-0.3, -0.25) is 0 Å². The van der Waals surface area contributed by atoms with Gasteiger partial charge in [0, 0.05) is 5.56 Å². The Labute approximate surface area is 130 Å². The van der Waals surface area contributed by atoms with Crippen LogP contribution in [0.15, 0.2) is 24.3 Å². The van der Waals surface area contributed by atoms with Crippen molar-refractivity contribution in [1.82, 2.24) is 4.98 Å². The van der Waals surface area contributed by atoms with Gasteiger partial charge < -0.3 is 10.5 Å². The van der Waals surface area contributed by atoms with Gasteiger partial charge >= 0.3 is 5.97 Å². The largest absolute Gasteiger partial charge is 0.464 e. The number of aromatic nitrogens is 1. The molecule has 2 N–H and O–H groups in total. The van der Waals surface area contributed by atoms with E-state index < -0.39 is 5.97 Å². The lowest BCUT2D eigenvalue weighted by atomic mass is 10.1. The summed E-state index contributed by atoms with van der Waals surface area (Å²) in [5.41, 5.74) is 7.13. The molecular weight excluding hydrogens is 313 g/mol. The fourth-order valence-electron chi connectivity index (χ4n) is 1.69. The number of methoxy groups -OCH3 is 1. The fraction of sp³-hybridized carbons (Fsp3) is 0.0714. The molecule has 0 radical (unpaired) electrons. The molecule has 2 aromatic rings. The van der Waals surface area contributed by atoms with Crippen molar-refractivity contribution in [2.45, 2.75) is 0 Å². The molecule has 5 nitrogen and oxygen atoms in total. The highest BCUT2D eigenvalue weighted by Gasteiger charge is 2.21. The number of hydrogen-bond acceptors (Lipinski definition) is 5. The Morgan fingerprint density at radius 3 is 2.43 bits per heavy atom. The fourth-order valence-corrected chi connectivity index (χ4v) is 2.20. The number of ether oxygens (including phenoxy) is 1. The molecule has 0 atom stereocenters. The summed E-state index contributed by atoms with van der Waals surface area (Å²) in [6, 6.07) is 8.53. The number of carbonyl (C=O) groups excluding carboxylic acids is 1. The molecule has 1 heterocycles. The Kier molecular flexibility index (Phi) is 4.32. The topological polar surface area (TPSA) is 89.0 Å². The molecule has 0 saturated carbocycles. The number of halogens is 2. The number of nitrogens with two attached hydrogens (primary N) is 1. The summed E-state index contributed by atoms with van der Waals surface area (Å²) in [6.07, 6.45) is 0. The van der Waals surface area contributed by atoms with Gasteiger partial charge in [0.15, 0.2) is 5.69 Å². The molecule has 0 aliphatic heterocycles. The SMILES string of the molecule is COC(=O)c1nc(-c2ccc(C#N)cc2)c(Cl)c(N)c1Cl. The Morgan fingerprint density at radius 2 is 1.90 bits per heavy atom. The lowest BCUT2D eigenvalue weighted by molar-refractivity contribution is 0.0594. The second-order valence-electron chi connectivity index (χ2n) is 4.03. The molecule has 0 aliphatic carbocycles. The molecule has 0 aliphatic rings. The van der Waals surface area contributed by atoms with E-state index in [2.05, 4.69) is 9.72 Å². The minimum Gasteiger partial charge on any atom is -0.464 e. The first-order valence-corrected chi connectivity index (χ1v) is 6.48. The van der Waals surface area contributed by atoms with E-state index in [0.29, 0.717) is 16.8 Å². The molecule has 21 heavy (non-hydrogen) atoms. The molecule has 0 bridgehead atoms. The van der Waals surface area contributed by atoms with Crippen molar-refractivity contribution in [3.63, 3.8) is 0 Å². The molecule has 0 unspecified atom stereocenters. The zero-order chi connectivity index (χ0) is 15.6. The maximum absolute atomic E-state index is 11.7. The molecule has 1 aromatic heterocycles. The zero-order valence-corrected chi connectivity index (χ0v) is 12.4. The number of carbonyl (C=O) groups is 1. The summed E-state index contributed by atoms with van der Waals surface area (Å²) in [6.45, 7) is 0. The van der Waals surface area contributed by atoms with Crippen molar-refractivity contribution in [2.75, 3.05) is 12.8 Å². The number of nitrogen functional groups attached to an aromatic ring is 1. The first-order valence-electron chi connectivity index (χ1n) is 5.73. The van der Waals surface area contributed by atoms with E-state index in [0.717, 1.165) is 0 Å². The van der Waals surface area contributed by atoms with Crippen molar-refractivity contribution < 1.29 is 9.53 Å². The van der Waals surface area contributed by atoms with Crippen LogP contribution in [0.1, 0.15) is 16.1 Å². The van der Waals surface area contributed by atoms with E-state index >= 15 is 0 Å². The Hall–Kier alpha value is -2.29. The van der Waals surface area contributed by atoms with Crippen molar-refractivity contribution in [1.29, 1.82) is 5.26 Å². The maximum Gasteiger partial charge on any atom is 0.358 e. The van der Waals surface area contributed by atoms with Crippen LogP contribution in [0.3, 0.4) is 0 Å². The molecule has 0 amide bonds. The lowest BCUT2D eigenvalue weighted by Gasteiger charge is -2.11. The van der Waals surface area contributed by atoms with E-state index in [-0.39, 0.29) is 21.4 Å². The van der Waals surface area contributed by atoms with Crippen molar-refractivity contribution in [3.8, 4) is 17.3 Å². The van der Waals surface area contributed by atoms with Gasteiger partial charge in [0.25, 0.3) is 0 Å². The normalized spacial score (nSPS) is 10.0. The van der Waals surface area contributed by atoms with Crippen LogP contribution in [0.5, 0.6) is 0 Å². The zero-order valence-electron chi connectivity index (χ0n) is 10.9. The third-order valence-electron chi connectivity index (χ3n) is 2.78. The average molecular weight is 322 g/mol. The van der Waals surface area contributed by atoms with E-state index in [9.17, 15) is 4.79 Å². The summed E-state index contributed by atoms with van der Waals surface area (Å²) in [5, 5.41) is 8.88. The van der Waals surface area contributed by atoms with E-state index in [1.165, 1.54) is 7.11 Å². The van der Waals surface area contributed by atoms with Gasteiger partial charge in [-0.15, -0.1) is 0 Å². The second kappa shape index (κ2) is 6.00. The van der Waals surface area contributed by atoms with Crippen LogP contribution >= 0.6 is 23.2 Å². The Morgan fingerprint density at radius 1 is 1.29 bits per heavy atom. The van der Waals surface area contributed by atoms with E-state index in [1.54, 1.807) is 24.3 Å². The van der Waals surface area contributed by atoms with Crippen LogP contribution < -0.4 is 5.73 Å². The van der Waals surface area contributed by atoms with Crippen LogP contribution in [0, 0.1) is 11.3 Å². The van der Waals surface area contributed by atoms with Crippen LogP contribution in [-0.4, -0.2) is 18.1 Å². The number of hydrogen-bond donors (Lipinski definition) is 1. The Bertz CT molecular complexity index is 752. The summed E-state index contributed by atoms with van der Waals surface area (Å²) in [5.74, 6) is -0.710. The number of nitriles is 1. The second-order valence-corrected chi connectivity index (χ2v) is 4.79. The van der Waals surface area contributed by atoms with Gasteiger partial charge in [0.2, 0.25) is 0 Å². The third-order valence-corrected chi connectivity index (χ3v) is 3.54.